The molecule has 0 atom stereocenters. The summed E-state index contributed by atoms with van der Waals surface area (Å²) in [5.41, 5.74) is 1.04. The van der Waals surface area contributed by atoms with Gasteiger partial charge in [0.15, 0.2) is 0 Å². The van der Waals surface area contributed by atoms with Crippen molar-refractivity contribution in [1.29, 1.82) is 0 Å². The minimum absolute atomic E-state index is 0.105. The van der Waals surface area contributed by atoms with Crippen molar-refractivity contribution < 1.29 is 17.9 Å². The summed E-state index contributed by atoms with van der Waals surface area (Å²) in [6.45, 7) is 0. The minimum Gasteiger partial charge on any atom is -0.457 e. The van der Waals surface area contributed by atoms with Gasteiger partial charge in [0.05, 0.1) is 15.6 Å². The molecule has 166 valence electrons. The Hall–Kier alpha value is -3.81. The Morgan fingerprint density at radius 3 is 2.00 bits per heavy atom. The highest BCUT2D eigenvalue weighted by molar-refractivity contribution is 7.92. The molecule has 2 N–H and O–H groups in total. The van der Waals surface area contributed by atoms with Gasteiger partial charge in [-0.25, -0.2) is 8.42 Å². The van der Waals surface area contributed by atoms with Crippen LogP contribution in [0, 0.1) is 0 Å². The van der Waals surface area contributed by atoms with Crippen LogP contribution in [0.4, 0.5) is 11.4 Å². The number of rotatable bonds is 7. The first kappa shape index (κ1) is 22.4. The van der Waals surface area contributed by atoms with Crippen molar-refractivity contribution >= 4 is 38.9 Å². The third-order valence-electron chi connectivity index (χ3n) is 4.62. The second-order valence-electron chi connectivity index (χ2n) is 7.01. The lowest BCUT2D eigenvalue weighted by Gasteiger charge is -2.11. The molecule has 0 unspecified atom stereocenters. The summed E-state index contributed by atoms with van der Waals surface area (Å²) in [4.78, 5) is 12.7. The summed E-state index contributed by atoms with van der Waals surface area (Å²) >= 11 is 6.24. The average Bonchev–Trinajstić information content (AvgIpc) is 2.83. The molecule has 0 aliphatic carbocycles. The number of hydrogen-bond donors (Lipinski definition) is 2. The Morgan fingerprint density at radius 1 is 0.758 bits per heavy atom. The molecule has 0 aliphatic rings. The SMILES string of the molecule is O=C(Nc1ccc(Oc2ccccc2)cc1)c1ccc(NS(=O)(=O)c2ccccc2)c(Cl)c1. The molecule has 4 aromatic carbocycles. The Bertz CT molecular complexity index is 1360. The zero-order valence-corrected chi connectivity index (χ0v) is 18.8. The monoisotopic (exact) mass is 478 g/mol. The van der Waals surface area contributed by atoms with Gasteiger partial charge in [-0.2, -0.15) is 0 Å². The van der Waals surface area contributed by atoms with Crippen molar-refractivity contribution in [2.75, 3.05) is 10.0 Å². The Labute approximate surface area is 196 Å². The lowest BCUT2D eigenvalue weighted by Crippen LogP contribution is -2.14. The largest absolute Gasteiger partial charge is 0.457 e. The van der Waals surface area contributed by atoms with Crippen molar-refractivity contribution in [2.24, 2.45) is 0 Å². The van der Waals surface area contributed by atoms with Crippen molar-refractivity contribution in [3.63, 3.8) is 0 Å². The maximum Gasteiger partial charge on any atom is 0.261 e. The predicted molar refractivity (Wildman–Crippen MR) is 130 cm³/mol. The van der Waals surface area contributed by atoms with Crippen LogP contribution < -0.4 is 14.8 Å². The van der Waals surface area contributed by atoms with Gasteiger partial charge in [0, 0.05) is 11.3 Å². The van der Waals surface area contributed by atoms with Crippen LogP contribution in [-0.2, 0) is 10.0 Å². The zero-order valence-electron chi connectivity index (χ0n) is 17.2. The fourth-order valence-electron chi connectivity index (χ4n) is 2.98. The molecule has 0 spiro atoms. The summed E-state index contributed by atoms with van der Waals surface area (Å²) < 4.78 is 33.2. The first-order chi connectivity index (χ1) is 15.9. The third kappa shape index (κ3) is 5.71. The van der Waals surface area contributed by atoms with E-state index >= 15 is 0 Å². The summed E-state index contributed by atoms with van der Waals surface area (Å²) in [6.07, 6.45) is 0. The van der Waals surface area contributed by atoms with Gasteiger partial charge >= 0.3 is 0 Å². The van der Waals surface area contributed by atoms with Crippen molar-refractivity contribution in [1.82, 2.24) is 0 Å². The lowest BCUT2D eigenvalue weighted by molar-refractivity contribution is 0.102. The van der Waals surface area contributed by atoms with E-state index in [1.807, 2.05) is 30.3 Å². The molecule has 0 heterocycles. The molecular formula is C25H19ClN2O4S. The highest BCUT2D eigenvalue weighted by atomic mass is 35.5. The highest BCUT2D eigenvalue weighted by Crippen LogP contribution is 2.27. The van der Waals surface area contributed by atoms with E-state index in [-0.39, 0.29) is 27.1 Å². The lowest BCUT2D eigenvalue weighted by atomic mass is 10.2. The van der Waals surface area contributed by atoms with Crippen molar-refractivity contribution in [2.45, 2.75) is 4.90 Å². The van der Waals surface area contributed by atoms with Gasteiger partial charge in [-0.15, -0.1) is 0 Å². The van der Waals surface area contributed by atoms with Crippen LogP contribution in [0.1, 0.15) is 10.4 Å². The second-order valence-corrected chi connectivity index (χ2v) is 9.10. The smallest absolute Gasteiger partial charge is 0.261 e. The number of halogens is 1. The van der Waals surface area contributed by atoms with Gasteiger partial charge in [0.2, 0.25) is 0 Å². The fraction of sp³-hybridized carbons (Fsp3) is 0. The van der Waals surface area contributed by atoms with Crippen molar-refractivity contribution in [3.8, 4) is 11.5 Å². The van der Waals surface area contributed by atoms with Crippen LogP contribution in [-0.4, -0.2) is 14.3 Å². The molecule has 0 radical (unpaired) electrons. The van der Waals surface area contributed by atoms with Gasteiger partial charge in [0.25, 0.3) is 15.9 Å². The Balaban J connectivity index is 1.42. The van der Waals surface area contributed by atoms with E-state index in [1.165, 1.54) is 30.3 Å². The average molecular weight is 479 g/mol. The fourth-order valence-corrected chi connectivity index (χ4v) is 4.36. The highest BCUT2D eigenvalue weighted by Gasteiger charge is 2.16. The Morgan fingerprint density at radius 2 is 1.36 bits per heavy atom. The first-order valence-electron chi connectivity index (χ1n) is 9.92. The Kier molecular flexibility index (Phi) is 6.63. The first-order valence-corrected chi connectivity index (χ1v) is 11.8. The number of hydrogen-bond acceptors (Lipinski definition) is 4. The molecule has 1 amide bonds. The molecule has 33 heavy (non-hydrogen) atoms. The number of nitrogens with one attached hydrogen (secondary N) is 2. The van der Waals surface area contributed by atoms with Crippen LogP contribution in [0.5, 0.6) is 11.5 Å². The van der Waals surface area contributed by atoms with E-state index in [0.29, 0.717) is 17.2 Å². The van der Waals surface area contributed by atoms with Gasteiger partial charge in [-0.3, -0.25) is 9.52 Å². The molecule has 0 saturated carbocycles. The molecule has 4 rings (SSSR count). The van der Waals surface area contributed by atoms with Gasteiger partial charge < -0.3 is 10.1 Å². The van der Waals surface area contributed by atoms with Gasteiger partial charge in [0.1, 0.15) is 11.5 Å². The quantitative estimate of drug-likeness (QED) is 0.332. The number of amides is 1. The number of sulfonamides is 1. The van der Waals surface area contributed by atoms with Crippen LogP contribution in [0.15, 0.2) is 108 Å². The van der Waals surface area contributed by atoms with Crippen LogP contribution in [0.2, 0.25) is 5.02 Å². The van der Waals surface area contributed by atoms with E-state index in [0.717, 1.165) is 0 Å². The molecule has 4 aromatic rings. The molecule has 8 heteroatoms. The van der Waals surface area contributed by atoms with Gasteiger partial charge in [-0.1, -0.05) is 48.0 Å². The van der Waals surface area contributed by atoms with E-state index in [1.54, 1.807) is 42.5 Å². The number of benzene rings is 4. The van der Waals surface area contributed by atoms with Crippen LogP contribution in [0.25, 0.3) is 0 Å². The third-order valence-corrected chi connectivity index (χ3v) is 6.31. The molecule has 0 aliphatic heterocycles. The molecular weight excluding hydrogens is 460 g/mol. The summed E-state index contributed by atoms with van der Waals surface area (Å²) in [5, 5.41) is 2.88. The van der Waals surface area contributed by atoms with E-state index in [4.69, 9.17) is 16.3 Å². The maximum atomic E-state index is 12.6. The summed E-state index contributed by atoms with van der Waals surface area (Å²) in [5.74, 6) is 0.968. The molecule has 0 bridgehead atoms. The number of anilines is 2. The number of carbonyl (C=O) groups is 1. The van der Waals surface area contributed by atoms with E-state index in [9.17, 15) is 13.2 Å². The molecule has 0 fully saturated rings. The van der Waals surface area contributed by atoms with Gasteiger partial charge in [-0.05, 0) is 66.7 Å². The molecule has 6 nitrogen and oxygen atoms in total. The van der Waals surface area contributed by atoms with Crippen molar-refractivity contribution in [3.05, 3.63) is 114 Å². The maximum absolute atomic E-state index is 12.6. The summed E-state index contributed by atoms with van der Waals surface area (Å²) in [6, 6.07) is 28.6. The molecule has 0 saturated heterocycles. The van der Waals surface area contributed by atoms with E-state index in [2.05, 4.69) is 10.0 Å². The molecule has 0 aromatic heterocycles. The minimum atomic E-state index is -3.79. The normalized spacial score (nSPS) is 10.9. The second kappa shape index (κ2) is 9.77. The summed E-state index contributed by atoms with van der Waals surface area (Å²) in [7, 11) is -3.79. The topological polar surface area (TPSA) is 84.5 Å². The standard InChI is InChI=1S/C25H19ClN2O4S/c26-23-17-18(11-16-24(23)28-33(30,31)22-9-5-2-6-10-22)25(29)27-19-12-14-21(15-13-19)32-20-7-3-1-4-8-20/h1-17,28H,(H,27,29). The van der Waals surface area contributed by atoms with E-state index < -0.39 is 10.0 Å². The number of carbonyl (C=O) groups excluding carboxylic acids is 1. The number of ether oxygens (including phenoxy) is 1. The van der Waals surface area contributed by atoms with Crippen LogP contribution in [0.3, 0.4) is 0 Å². The van der Waals surface area contributed by atoms with Crippen LogP contribution >= 0.6 is 11.6 Å². The number of para-hydroxylation sites is 1. The zero-order chi connectivity index (χ0) is 23.3. The predicted octanol–water partition coefficient (Wildman–Crippen LogP) is 6.19.